The second-order valence-electron chi connectivity index (χ2n) is 5.51. The van der Waals surface area contributed by atoms with Gasteiger partial charge in [-0.15, -0.1) is 11.3 Å². The van der Waals surface area contributed by atoms with Crippen LogP contribution in [0.15, 0.2) is 5.38 Å². The summed E-state index contributed by atoms with van der Waals surface area (Å²) >= 11 is 1.25. The fourth-order valence-electron chi connectivity index (χ4n) is 3.18. The molecule has 6 nitrogen and oxygen atoms in total. The van der Waals surface area contributed by atoms with Gasteiger partial charge in [0.05, 0.1) is 16.8 Å². The molecule has 2 amide bonds. The van der Waals surface area contributed by atoms with Crippen molar-refractivity contribution in [2.24, 2.45) is 11.8 Å². The zero-order valence-corrected chi connectivity index (χ0v) is 12.3. The average Bonchev–Trinajstić information content (AvgIpc) is 3.03. The Kier molecular flexibility index (Phi) is 3.75. The number of aromatic carboxylic acids is 1. The van der Waals surface area contributed by atoms with Crippen LogP contribution >= 0.6 is 11.3 Å². The molecule has 1 aromatic heterocycles. The van der Waals surface area contributed by atoms with Crippen LogP contribution in [0.5, 0.6) is 0 Å². The summed E-state index contributed by atoms with van der Waals surface area (Å²) in [5.74, 6) is -1.43. The highest BCUT2D eigenvalue weighted by Gasteiger charge is 2.47. The zero-order chi connectivity index (χ0) is 15.0. The van der Waals surface area contributed by atoms with Crippen molar-refractivity contribution in [2.45, 2.75) is 32.1 Å². The number of aromatic nitrogens is 1. The van der Waals surface area contributed by atoms with E-state index in [9.17, 15) is 14.4 Å². The highest BCUT2D eigenvalue weighted by atomic mass is 32.1. The van der Waals surface area contributed by atoms with Crippen molar-refractivity contribution in [3.63, 3.8) is 0 Å². The van der Waals surface area contributed by atoms with E-state index < -0.39 is 5.97 Å². The van der Waals surface area contributed by atoms with Gasteiger partial charge in [0.15, 0.2) is 5.69 Å². The van der Waals surface area contributed by atoms with Crippen LogP contribution in [0.25, 0.3) is 0 Å². The molecule has 0 bridgehead atoms. The normalized spacial score (nSPS) is 25.2. The van der Waals surface area contributed by atoms with Gasteiger partial charge in [0.1, 0.15) is 0 Å². The van der Waals surface area contributed by atoms with E-state index >= 15 is 0 Å². The number of imide groups is 1. The number of fused-ring (bicyclic) bond motifs is 1. The smallest absolute Gasteiger partial charge is 0.355 e. The van der Waals surface area contributed by atoms with Crippen LogP contribution in [-0.2, 0) is 16.0 Å². The molecular formula is C14H16N2O4S. The topological polar surface area (TPSA) is 87.6 Å². The van der Waals surface area contributed by atoms with Crippen LogP contribution in [0.2, 0.25) is 0 Å². The Hall–Kier alpha value is -1.76. The molecule has 0 radical (unpaired) electrons. The molecular weight excluding hydrogens is 292 g/mol. The number of carbonyl (C=O) groups excluding carboxylic acids is 2. The van der Waals surface area contributed by atoms with E-state index in [2.05, 4.69) is 4.98 Å². The second-order valence-corrected chi connectivity index (χ2v) is 6.45. The molecule has 0 aromatic carbocycles. The van der Waals surface area contributed by atoms with Gasteiger partial charge in [-0.25, -0.2) is 9.78 Å². The molecule has 1 saturated carbocycles. The number of amides is 2. The number of rotatable bonds is 4. The molecule has 2 aliphatic rings. The quantitative estimate of drug-likeness (QED) is 0.853. The van der Waals surface area contributed by atoms with E-state index in [-0.39, 0.29) is 29.3 Å². The molecule has 112 valence electrons. The van der Waals surface area contributed by atoms with E-state index in [1.807, 2.05) is 0 Å². The van der Waals surface area contributed by atoms with Crippen molar-refractivity contribution in [1.29, 1.82) is 0 Å². The van der Waals surface area contributed by atoms with Gasteiger partial charge in [-0.2, -0.15) is 0 Å². The van der Waals surface area contributed by atoms with Crippen LogP contribution < -0.4 is 0 Å². The van der Waals surface area contributed by atoms with Gasteiger partial charge in [0, 0.05) is 18.3 Å². The summed E-state index contributed by atoms with van der Waals surface area (Å²) in [6.45, 7) is 0.303. The first kappa shape index (κ1) is 14.2. The van der Waals surface area contributed by atoms with Gasteiger partial charge in [0.25, 0.3) is 0 Å². The molecule has 1 aromatic rings. The van der Waals surface area contributed by atoms with Crippen LogP contribution in [0.3, 0.4) is 0 Å². The number of carbonyl (C=O) groups is 3. The summed E-state index contributed by atoms with van der Waals surface area (Å²) in [6.07, 6.45) is 4.08. The number of thiazole rings is 1. The van der Waals surface area contributed by atoms with Gasteiger partial charge in [-0.1, -0.05) is 12.8 Å². The summed E-state index contributed by atoms with van der Waals surface area (Å²) in [6, 6.07) is 0. The van der Waals surface area contributed by atoms with Gasteiger partial charge in [-0.3, -0.25) is 14.5 Å². The molecule has 2 unspecified atom stereocenters. The van der Waals surface area contributed by atoms with Crippen molar-refractivity contribution in [3.8, 4) is 0 Å². The average molecular weight is 308 g/mol. The minimum atomic E-state index is -1.06. The maximum absolute atomic E-state index is 12.3. The highest BCUT2D eigenvalue weighted by molar-refractivity contribution is 7.09. The number of nitrogens with zero attached hydrogens (tertiary/aromatic N) is 2. The molecule has 1 aliphatic carbocycles. The Bertz CT molecular complexity index is 574. The van der Waals surface area contributed by atoms with Crippen molar-refractivity contribution >= 4 is 29.1 Å². The Morgan fingerprint density at radius 1 is 1.29 bits per heavy atom. The third-order valence-corrected chi connectivity index (χ3v) is 5.16. The third-order valence-electron chi connectivity index (χ3n) is 4.25. The molecule has 3 rings (SSSR count). The number of hydrogen-bond donors (Lipinski definition) is 1. The SMILES string of the molecule is O=C(O)c1csc(CCN2C(=O)C3CCCCC3C2=O)n1. The zero-order valence-electron chi connectivity index (χ0n) is 11.4. The van der Waals surface area contributed by atoms with Crippen molar-refractivity contribution in [1.82, 2.24) is 9.88 Å². The summed E-state index contributed by atoms with van der Waals surface area (Å²) in [5.41, 5.74) is 0.0164. The van der Waals surface area contributed by atoms with Gasteiger partial charge < -0.3 is 5.11 Å². The minimum Gasteiger partial charge on any atom is -0.476 e. The van der Waals surface area contributed by atoms with Crippen molar-refractivity contribution in [2.75, 3.05) is 6.54 Å². The first-order chi connectivity index (χ1) is 10.1. The first-order valence-corrected chi connectivity index (χ1v) is 7.99. The van der Waals surface area contributed by atoms with Gasteiger partial charge in [-0.05, 0) is 12.8 Å². The lowest BCUT2D eigenvalue weighted by atomic mass is 9.81. The highest BCUT2D eigenvalue weighted by Crippen LogP contribution is 2.37. The third kappa shape index (κ3) is 2.57. The van der Waals surface area contributed by atoms with Crippen LogP contribution in [0.4, 0.5) is 0 Å². The summed E-state index contributed by atoms with van der Waals surface area (Å²) in [4.78, 5) is 40.7. The molecule has 21 heavy (non-hydrogen) atoms. The van der Waals surface area contributed by atoms with Crippen molar-refractivity contribution in [3.05, 3.63) is 16.1 Å². The summed E-state index contributed by atoms with van der Waals surface area (Å²) < 4.78 is 0. The van der Waals surface area contributed by atoms with E-state index in [1.165, 1.54) is 21.6 Å². The maximum atomic E-state index is 12.3. The first-order valence-electron chi connectivity index (χ1n) is 7.11. The molecule has 2 heterocycles. The Morgan fingerprint density at radius 3 is 2.43 bits per heavy atom. The Balaban J connectivity index is 1.65. The van der Waals surface area contributed by atoms with Crippen LogP contribution in [0.1, 0.15) is 41.2 Å². The van der Waals surface area contributed by atoms with E-state index in [0.717, 1.165) is 25.7 Å². The molecule has 2 atom stereocenters. The lowest BCUT2D eigenvalue weighted by Gasteiger charge is -2.19. The number of hydrogen-bond acceptors (Lipinski definition) is 5. The molecule has 2 fully saturated rings. The fourth-order valence-corrected chi connectivity index (χ4v) is 3.94. The molecule has 0 spiro atoms. The Morgan fingerprint density at radius 2 is 1.90 bits per heavy atom. The van der Waals surface area contributed by atoms with E-state index in [4.69, 9.17) is 5.11 Å². The predicted octanol–water partition coefficient (Wildman–Crippen LogP) is 1.56. The maximum Gasteiger partial charge on any atom is 0.355 e. The Labute approximate surface area is 125 Å². The summed E-state index contributed by atoms with van der Waals surface area (Å²) in [5, 5.41) is 10.9. The molecule has 7 heteroatoms. The lowest BCUT2D eigenvalue weighted by molar-refractivity contribution is -0.139. The second kappa shape index (κ2) is 5.55. The van der Waals surface area contributed by atoms with E-state index in [1.54, 1.807) is 0 Å². The number of carboxylic acids is 1. The standard InChI is InChI=1S/C14H16N2O4S/c17-12-8-3-1-2-4-9(8)13(18)16(12)6-5-11-15-10(7-21-11)14(19)20/h7-9H,1-6H2,(H,19,20). The minimum absolute atomic E-state index is 0.0164. The number of likely N-dealkylation sites (tertiary alicyclic amines) is 1. The molecule has 1 aliphatic heterocycles. The monoisotopic (exact) mass is 308 g/mol. The lowest BCUT2D eigenvalue weighted by Crippen LogP contribution is -2.33. The van der Waals surface area contributed by atoms with Crippen molar-refractivity contribution < 1.29 is 19.5 Å². The fraction of sp³-hybridized carbons (Fsp3) is 0.571. The largest absolute Gasteiger partial charge is 0.476 e. The number of carboxylic acid groups (broad SMARTS) is 1. The van der Waals surface area contributed by atoms with E-state index in [0.29, 0.717) is 18.0 Å². The summed E-state index contributed by atoms with van der Waals surface area (Å²) in [7, 11) is 0. The predicted molar refractivity (Wildman–Crippen MR) is 74.9 cm³/mol. The van der Waals surface area contributed by atoms with Gasteiger partial charge in [0.2, 0.25) is 11.8 Å². The van der Waals surface area contributed by atoms with Gasteiger partial charge >= 0.3 is 5.97 Å². The van der Waals surface area contributed by atoms with Crippen LogP contribution in [0, 0.1) is 11.8 Å². The molecule has 1 saturated heterocycles. The molecule has 1 N–H and O–H groups in total. The van der Waals surface area contributed by atoms with Crippen LogP contribution in [-0.4, -0.2) is 39.3 Å².